The second-order valence-corrected chi connectivity index (χ2v) is 6.81. The van der Waals surface area contributed by atoms with E-state index in [1.54, 1.807) is 11.8 Å². The van der Waals surface area contributed by atoms with Gasteiger partial charge in [-0.25, -0.2) is 0 Å². The summed E-state index contributed by atoms with van der Waals surface area (Å²) in [5, 5.41) is 3.51. The van der Waals surface area contributed by atoms with E-state index in [4.69, 9.17) is 4.74 Å². The van der Waals surface area contributed by atoms with Gasteiger partial charge in [-0.1, -0.05) is 30.3 Å². The lowest BCUT2D eigenvalue weighted by Crippen LogP contribution is -2.35. The third-order valence-electron chi connectivity index (χ3n) is 3.07. The topological polar surface area (TPSA) is 21.3 Å². The van der Waals surface area contributed by atoms with E-state index in [9.17, 15) is 0 Å². The fraction of sp³-hybridized carbons (Fsp3) is 0.333. The number of nitrogens with one attached hydrogen (secondary N) is 1. The average Bonchev–Trinajstić information content (AvgIpc) is 2.46. The van der Waals surface area contributed by atoms with Gasteiger partial charge in [-0.3, -0.25) is 0 Å². The van der Waals surface area contributed by atoms with Crippen LogP contribution in [0.25, 0.3) is 0 Å². The highest BCUT2D eigenvalue weighted by atomic mass is 32.2. The zero-order valence-corrected chi connectivity index (χ0v) is 14.0. The molecule has 0 heterocycles. The van der Waals surface area contributed by atoms with E-state index in [2.05, 4.69) is 44.5 Å². The molecule has 2 nitrogen and oxygen atoms in total. The molecule has 0 amide bonds. The molecule has 0 atom stereocenters. The van der Waals surface area contributed by atoms with Gasteiger partial charge in [0.15, 0.2) is 0 Å². The summed E-state index contributed by atoms with van der Waals surface area (Å²) in [4.78, 5) is 1.15. The predicted molar refractivity (Wildman–Crippen MR) is 91.3 cm³/mol. The van der Waals surface area contributed by atoms with Gasteiger partial charge in [0, 0.05) is 22.5 Å². The number of ether oxygens (including phenoxy) is 1. The Labute approximate surface area is 131 Å². The van der Waals surface area contributed by atoms with E-state index in [1.165, 1.54) is 5.56 Å². The van der Waals surface area contributed by atoms with Crippen LogP contribution in [0.4, 0.5) is 0 Å². The summed E-state index contributed by atoms with van der Waals surface area (Å²) in [6.07, 6.45) is 2.06. The number of thioether (sulfide) groups is 1. The highest BCUT2D eigenvalue weighted by Crippen LogP contribution is 2.32. The molecule has 0 saturated heterocycles. The van der Waals surface area contributed by atoms with Gasteiger partial charge in [0.2, 0.25) is 0 Å². The second-order valence-electron chi connectivity index (χ2n) is 5.96. The van der Waals surface area contributed by atoms with Crippen molar-refractivity contribution in [3.63, 3.8) is 0 Å². The minimum absolute atomic E-state index is 0.0876. The minimum Gasteiger partial charge on any atom is -0.456 e. The van der Waals surface area contributed by atoms with Crippen LogP contribution in [0.15, 0.2) is 53.4 Å². The van der Waals surface area contributed by atoms with Crippen molar-refractivity contribution in [3.8, 4) is 11.5 Å². The van der Waals surface area contributed by atoms with E-state index in [1.807, 2.05) is 36.4 Å². The summed E-state index contributed by atoms with van der Waals surface area (Å²) in [5.74, 6) is 1.82. The lowest BCUT2D eigenvalue weighted by atomic mass is 10.1. The standard InChI is InChI=1S/C18H23NOS/c1-18(2,3)19-13-14-9-5-6-10-15(14)20-16-11-7-8-12-17(16)21-4/h5-12,19H,13H2,1-4H3. The predicted octanol–water partition coefficient (Wildman–Crippen LogP) is 5.09. The van der Waals surface area contributed by atoms with Gasteiger partial charge in [-0.05, 0) is 45.2 Å². The molecule has 0 unspecified atom stereocenters. The van der Waals surface area contributed by atoms with Crippen LogP contribution in [0, 0.1) is 0 Å². The molecule has 0 aliphatic rings. The molecule has 2 aromatic rings. The molecule has 2 rings (SSSR count). The molecule has 0 radical (unpaired) electrons. The Morgan fingerprint density at radius 3 is 2.24 bits per heavy atom. The molecule has 0 aliphatic carbocycles. The van der Waals surface area contributed by atoms with Gasteiger partial charge >= 0.3 is 0 Å². The molecule has 0 bridgehead atoms. The van der Waals surface area contributed by atoms with Crippen molar-refractivity contribution in [1.82, 2.24) is 5.32 Å². The van der Waals surface area contributed by atoms with Crippen molar-refractivity contribution in [2.24, 2.45) is 0 Å². The summed E-state index contributed by atoms with van der Waals surface area (Å²) < 4.78 is 6.14. The SMILES string of the molecule is CSc1ccccc1Oc1ccccc1CNC(C)(C)C. The van der Waals surface area contributed by atoms with Crippen LogP contribution in [-0.2, 0) is 6.54 Å². The summed E-state index contributed by atoms with van der Waals surface area (Å²) in [5.41, 5.74) is 1.26. The number of hydrogen-bond acceptors (Lipinski definition) is 3. The summed E-state index contributed by atoms with van der Waals surface area (Å²) in [7, 11) is 0. The van der Waals surface area contributed by atoms with E-state index in [-0.39, 0.29) is 5.54 Å². The largest absolute Gasteiger partial charge is 0.456 e. The van der Waals surface area contributed by atoms with Crippen molar-refractivity contribution in [1.29, 1.82) is 0 Å². The van der Waals surface area contributed by atoms with Gasteiger partial charge in [0.05, 0.1) is 0 Å². The molecular weight excluding hydrogens is 278 g/mol. The van der Waals surface area contributed by atoms with Crippen LogP contribution in [0.5, 0.6) is 11.5 Å². The first kappa shape index (κ1) is 15.9. The Morgan fingerprint density at radius 1 is 0.952 bits per heavy atom. The monoisotopic (exact) mass is 301 g/mol. The molecular formula is C18H23NOS. The quantitative estimate of drug-likeness (QED) is 0.777. The molecule has 112 valence electrons. The molecule has 0 aromatic heterocycles. The van der Waals surface area contributed by atoms with Crippen molar-refractivity contribution < 1.29 is 4.74 Å². The normalized spacial score (nSPS) is 11.4. The Hall–Kier alpha value is -1.45. The summed E-state index contributed by atoms with van der Waals surface area (Å²) in [6, 6.07) is 16.3. The first-order chi connectivity index (χ1) is 9.99. The van der Waals surface area contributed by atoms with E-state index < -0.39 is 0 Å². The van der Waals surface area contributed by atoms with Gasteiger partial charge in [0.25, 0.3) is 0 Å². The molecule has 0 spiro atoms. The highest BCUT2D eigenvalue weighted by molar-refractivity contribution is 7.98. The zero-order chi connectivity index (χ0) is 15.3. The Kier molecular flexibility index (Phi) is 5.32. The van der Waals surface area contributed by atoms with Crippen LogP contribution >= 0.6 is 11.8 Å². The molecule has 2 aromatic carbocycles. The van der Waals surface area contributed by atoms with Crippen molar-refractivity contribution in [3.05, 3.63) is 54.1 Å². The average molecular weight is 301 g/mol. The fourth-order valence-corrected chi connectivity index (χ4v) is 2.46. The first-order valence-corrected chi connectivity index (χ1v) is 8.36. The number of rotatable bonds is 5. The number of hydrogen-bond donors (Lipinski definition) is 1. The van der Waals surface area contributed by atoms with Crippen LogP contribution < -0.4 is 10.1 Å². The Balaban J connectivity index is 2.20. The smallest absolute Gasteiger partial charge is 0.140 e. The maximum atomic E-state index is 6.14. The first-order valence-electron chi connectivity index (χ1n) is 7.13. The lowest BCUT2D eigenvalue weighted by molar-refractivity contribution is 0.412. The van der Waals surface area contributed by atoms with Gasteiger partial charge in [0.1, 0.15) is 11.5 Å². The number of benzene rings is 2. The van der Waals surface area contributed by atoms with Crippen LogP contribution in [-0.4, -0.2) is 11.8 Å². The van der Waals surface area contributed by atoms with Crippen LogP contribution in [0.1, 0.15) is 26.3 Å². The molecule has 0 fully saturated rings. The second kappa shape index (κ2) is 7.01. The maximum Gasteiger partial charge on any atom is 0.140 e. The molecule has 0 saturated carbocycles. The van der Waals surface area contributed by atoms with E-state index >= 15 is 0 Å². The Morgan fingerprint density at radius 2 is 1.57 bits per heavy atom. The molecule has 21 heavy (non-hydrogen) atoms. The van der Waals surface area contributed by atoms with Crippen molar-refractivity contribution >= 4 is 11.8 Å². The summed E-state index contributed by atoms with van der Waals surface area (Å²) >= 11 is 1.70. The third kappa shape index (κ3) is 4.80. The van der Waals surface area contributed by atoms with Crippen LogP contribution in [0.3, 0.4) is 0 Å². The maximum absolute atomic E-state index is 6.14. The lowest BCUT2D eigenvalue weighted by Gasteiger charge is -2.21. The Bertz CT molecular complexity index is 590. The van der Waals surface area contributed by atoms with Crippen molar-refractivity contribution in [2.45, 2.75) is 37.8 Å². The molecule has 1 N–H and O–H groups in total. The van der Waals surface area contributed by atoms with E-state index in [0.29, 0.717) is 0 Å². The highest BCUT2D eigenvalue weighted by Gasteiger charge is 2.12. The van der Waals surface area contributed by atoms with Crippen LogP contribution in [0.2, 0.25) is 0 Å². The molecule has 3 heteroatoms. The minimum atomic E-state index is 0.0876. The van der Waals surface area contributed by atoms with Gasteiger partial charge < -0.3 is 10.1 Å². The van der Waals surface area contributed by atoms with Gasteiger partial charge in [-0.15, -0.1) is 11.8 Å². The summed E-state index contributed by atoms with van der Waals surface area (Å²) in [6.45, 7) is 7.29. The van der Waals surface area contributed by atoms with Gasteiger partial charge in [-0.2, -0.15) is 0 Å². The number of para-hydroxylation sites is 2. The third-order valence-corrected chi connectivity index (χ3v) is 3.85. The molecule has 0 aliphatic heterocycles. The van der Waals surface area contributed by atoms with Crippen molar-refractivity contribution in [2.75, 3.05) is 6.26 Å². The van der Waals surface area contributed by atoms with E-state index in [0.717, 1.165) is 22.9 Å². The fourth-order valence-electron chi connectivity index (χ4n) is 1.93. The zero-order valence-electron chi connectivity index (χ0n) is 13.1.